The molecule has 0 radical (unpaired) electrons. The molecule has 0 aliphatic heterocycles. The van der Waals surface area contributed by atoms with Gasteiger partial charge in [0.2, 0.25) is 0 Å². The van der Waals surface area contributed by atoms with Crippen LogP contribution in [-0.2, 0) is 5.75 Å². The molecule has 96 valence electrons. The topological polar surface area (TPSA) is 49.8 Å². The molecule has 0 spiro atoms. The molecule has 2 N–H and O–H groups in total. The van der Waals surface area contributed by atoms with E-state index in [1.807, 2.05) is 6.07 Å². The van der Waals surface area contributed by atoms with E-state index in [9.17, 15) is 8.78 Å². The predicted molar refractivity (Wildman–Crippen MR) is 71.5 cm³/mol. The first-order chi connectivity index (χ1) is 9.10. The number of benzene rings is 2. The molecule has 2 aromatic rings. The minimum Gasteiger partial charge on any atom is -0.396 e. The van der Waals surface area contributed by atoms with Crippen molar-refractivity contribution in [2.24, 2.45) is 0 Å². The second kappa shape index (κ2) is 5.72. The van der Waals surface area contributed by atoms with Crippen LogP contribution in [0.1, 0.15) is 11.1 Å². The van der Waals surface area contributed by atoms with Crippen LogP contribution in [0.4, 0.5) is 14.5 Å². The number of nitrogens with zero attached hydrogens (tertiary/aromatic N) is 1. The number of thioether (sulfide) groups is 1. The van der Waals surface area contributed by atoms with Crippen LogP contribution in [0.5, 0.6) is 0 Å². The van der Waals surface area contributed by atoms with Crippen molar-refractivity contribution in [1.82, 2.24) is 0 Å². The largest absolute Gasteiger partial charge is 0.396 e. The Kier molecular flexibility index (Phi) is 4.03. The quantitative estimate of drug-likeness (QED) is 0.686. The molecule has 0 amide bonds. The fourth-order valence-electron chi connectivity index (χ4n) is 1.51. The number of nitrogen functional groups attached to an aromatic ring is 1. The zero-order valence-corrected chi connectivity index (χ0v) is 10.7. The van der Waals surface area contributed by atoms with Crippen LogP contribution in [0.25, 0.3) is 0 Å². The Bertz CT molecular complexity index is 650. The number of rotatable bonds is 3. The second-order valence-electron chi connectivity index (χ2n) is 3.89. The first-order valence-corrected chi connectivity index (χ1v) is 6.45. The van der Waals surface area contributed by atoms with E-state index in [0.29, 0.717) is 21.8 Å². The Morgan fingerprint density at radius 1 is 1.11 bits per heavy atom. The van der Waals surface area contributed by atoms with Crippen LogP contribution in [-0.4, -0.2) is 0 Å². The Balaban J connectivity index is 2.14. The molecule has 0 unspecified atom stereocenters. The third-order valence-electron chi connectivity index (χ3n) is 2.54. The molecule has 0 heterocycles. The highest BCUT2D eigenvalue weighted by Gasteiger charge is 2.06. The summed E-state index contributed by atoms with van der Waals surface area (Å²) < 4.78 is 26.8. The Morgan fingerprint density at radius 3 is 2.58 bits per heavy atom. The molecular weight excluding hydrogens is 266 g/mol. The van der Waals surface area contributed by atoms with Crippen LogP contribution in [0.3, 0.4) is 0 Å². The molecule has 0 atom stereocenters. The summed E-state index contributed by atoms with van der Waals surface area (Å²) in [4.78, 5) is 0.661. The number of halogens is 2. The molecule has 0 bridgehead atoms. The monoisotopic (exact) mass is 276 g/mol. The van der Waals surface area contributed by atoms with E-state index in [2.05, 4.69) is 0 Å². The van der Waals surface area contributed by atoms with Crippen LogP contribution >= 0.6 is 11.8 Å². The van der Waals surface area contributed by atoms with Crippen molar-refractivity contribution in [3.63, 3.8) is 0 Å². The Morgan fingerprint density at radius 2 is 1.89 bits per heavy atom. The van der Waals surface area contributed by atoms with Gasteiger partial charge in [-0.05, 0) is 42.0 Å². The SMILES string of the molecule is N#Cc1ccc(F)c(CSc2ccc(N)c(F)c2)c1. The van der Waals surface area contributed by atoms with Gasteiger partial charge in [-0.15, -0.1) is 11.8 Å². The van der Waals surface area contributed by atoms with Crippen molar-refractivity contribution < 1.29 is 8.78 Å². The third-order valence-corrected chi connectivity index (χ3v) is 3.58. The minimum atomic E-state index is -0.490. The number of nitrogens with two attached hydrogens (primary N) is 1. The zero-order chi connectivity index (χ0) is 13.8. The first kappa shape index (κ1) is 13.4. The van der Waals surface area contributed by atoms with Gasteiger partial charge in [-0.2, -0.15) is 5.26 Å². The van der Waals surface area contributed by atoms with Crippen molar-refractivity contribution in [1.29, 1.82) is 5.26 Å². The summed E-state index contributed by atoms with van der Waals surface area (Å²) in [5.41, 5.74) is 6.28. The summed E-state index contributed by atoms with van der Waals surface area (Å²) >= 11 is 1.28. The minimum absolute atomic E-state index is 0.0852. The van der Waals surface area contributed by atoms with E-state index >= 15 is 0 Å². The average molecular weight is 276 g/mol. The maximum Gasteiger partial charge on any atom is 0.147 e. The van der Waals surface area contributed by atoms with Crippen LogP contribution in [0.15, 0.2) is 41.3 Å². The fourth-order valence-corrected chi connectivity index (χ4v) is 2.41. The lowest BCUT2D eigenvalue weighted by Gasteiger charge is -2.05. The summed E-state index contributed by atoms with van der Waals surface area (Å²) in [6.45, 7) is 0. The standard InChI is InChI=1S/C14H10F2N2S/c15-12-3-1-9(7-17)5-10(12)8-19-11-2-4-14(18)13(16)6-11/h1-6H,8,18H2. The summed E-state index contributed by atoms with van der Waals surface area (Å²) in [6, 6.07) is 10.6. The van der Waals surface area contributed by atoms with Crippen molar-refractivity contribution in [2.45, 2.75) is 10.6 Å². The highest BCUT2D eigenvalue weighted by atomic mass is 32.2. The van der Waals surface area contributed by atoms with E-state index < -0.39 is 5.82 Å². The molecule has 2 nitrogen and oxygen atoms in total. The van der Waals surface area contributed by atoms with E-state index in [1.165, 1.54) is 42.1 Å². The highest BCUT2D eigenvalue weighted by molar-refractivity contribution is 7.98. The zero-order valence-electron chi connectivity index (χ0n) is 9.86. The van der Waals surface area contributed by atoms with Crippen LogP contribution in [0, 0.1) is 23.0 Å². The van der Waals surface area contributed by atoms with Gasteiger partial charge in [0.1, 0.15) is 11.6 Å². The van der Waals surface area contributed by atoms with E-state index in [1.54, 1.807) is 6.07 Å². The molecule has 2 aromatic carbocycles. The van der Waals surface area contributed by atoms with Gasteiger partial charge in [-0.3, -0.25) is 0 Å². The van der Waals surface area contributed by atoms with E-state index in [4.69, 9.17) is 11.0 Å². The van der Waals surface area contributed by atoms with Crippen LogP contribution < -0.4 is 5.73 Å². The molecule has 0 saturated carbocycles. The molecule has 0 saturated heterocycles. The van der Waals surface area contributed by atoms with Crippen LogP contribution in [0.2, 0.25) is 0 Å². The lowest BCUT2D eigenvalue weighted by Crippen LogP contribution is -1.91. The third kappa shape index (κ3) is 3.24. The normalized spacial score (nSPS) is 10.2. The smallest absolute Gasteiger partial charge is 0.147 e. The van der Waals surface area contributed by atoms with Gasteiger partial charge in [0, 0.05) is 10.6 Å². The summed E-state index contributed by atoms with van der Waals surface area (Å²) in [5.74, 6) is -0.538. The molecule has 19 heavy (non-hydrogen) atoms. The second-order valence-corrected chi connectivity index (χ2v) is 4.94. The molecule has 5 heteroatoms. The summed E-state index contributed by atoms with van der Waals surface area (Å²) in [7, 11) is 0. The molecule has 0 fully saturated rings. The first-order valence-electron chi connectivity index (χ1n) is 5.46. The lowest BCUT2D eigenvalue weighted by molar-refractivity contribution is 0.617. The molecule has 2 rings (SSSR count). The fraction of sp³-hybridized carbons (Fsp3) is 0.0714. The summed E-state index contributed by atoms with van der Waals surface area (Å²) in [5, 5.41) is 8.76. The van der Waals surface area contributed by atoms with Gasteiger partial charge in [0.15, 0.2) is 0 Å². The lowest BCUT2D eigenvalue weighted by atomic mass is 10.1. The van der Waals surface area contributed by atoms with Gasteiger partial charge < -0.3 is 5.73 Å². The van der Waals surface area contributed by atoms with Crippen molar-refractivity contribution in [2.75, 3.05) is 5.73 Å². The van der Waals surface area contributed by atoms with Gasteiger partial charge in [0.25, 0.3) is 0 Å². The Hall–Kier alpha value is -2.06. The van der Waals surface area contributed by atoms with Crippen molar-refractivity contribution >= 4 is 17.4 Å². The van der Waals surface area contributed by atoms with Gasteiger partial charge >= 0.3 is 0 Å². The molecule has 0 aromatic heterocycles. The highest BCUT2D eigenvalue weighted by Crippen LogP contribution is 2.26. The predicted octanol–water partition coefficient (Wildman–Crippen LogP) is 3.71. The number of hydrogen-bond donors (Lipinski definition) is 1. The number of hydrogen-bond acceptors (Lipinski definition) is 3. The number of nitriles is 1. The van der Waals surface area contributed by atoms with Gasteiger partial charge in [-0.25, -0.2) is 8.78 Å². The van der Waals surface area contributed by atoms with Crippen molar-refractivity contribution in [3.8, 4) is 6.07 Å². The van der Waals surface area contributed by atoms with E-state index in [0.717, 1.165) is 0 Å². The van der Waals surface area contributed by atoms with Gasteiger partial charge in [0.05, 0.1) is 17.3 Å². The molecule has 0 aliphatic rings. The van der Waals surface area contributed by atoms with Gasteiger partial charge in [-0.1, -0.05) is 0 Å². The summed E-state index contributed by atoms with van der Waals surface area (Å²) in [6.07, 6.45) is 0. The van der Waals surface area contributed by atoms with E-state index in [-0.39, 0.29) is 11.5 Å². The van der Waals surface area contributed by atoms with Crippen molar-refractivity contribution in [3.05, 3.63) is 59.2 Å². The maximum atomic E-state index is 13.5. The molecular formula is C14H10F2N2S. The maximum absolute atomic E-state index is 13.5. The number of anilines is 1. The average Bonchev–Trinajstić information content (AvgIpc) is 2.41. The Labute approximate surface area is 113 Å². The molecule has 0 aliphatic carbocycles.